The third-order valence-corrected chi connectivity index (χ3v) is 2.67. The van der Waals surface area contributed by atoms with Crippen molar-refractivity contribution in [3.05, 3.63) is 12.7 Å². The van der Waals surface area contributed by atoms with Crippen molar-refractivity contribution < 1.29 is 9.90 Å². The highest BCUT2D eigenvalue weighted by Crippen LogP contribution is 2.28. The monoisotopic (exact) mass is 212 g/mol. The summed E-state index contributed by atoms with van der Waals surface area (Å²) in [6, 6.07) is 0.325. The maximum absolute atomic E-state index is 11.7. The highest BCUT2D eigenvalue weighted by atomic mass is 16.3. The average Bonchev–Trinajstić information content (AvgIpc) is 3.05. The molecule has 0 aromatic heterocycles. The van der Waals surface area contributed by atoms with Gasteiger partial charge in [0.25, 0.3) is 0 Å². The fraction of sp³-hybridized carbons (Fsp3) is 0.727. The van der Waals surface area contributed by atoms with E-state index in [-0.39, 0.29) is 18.6 Å². The second kappa shape index (κ2) is 5.88. The van der Waals surface area contributed by atoms with Crippen LogP contribution in [0.25, 0.3) is 0 Å². The molecule has 1 saturated carbocycles. The van der Waals surface area contributed by atoms with Gasteiger partial charge >= 0.3 is 0 Å². The lowest BCUT2D eigenvalue weighted by atomic mass is 10.2. The third kappa shape index (κ3) is 3.64. The summed E-state index contributed by atoms with van der Waals surface area (Å²) in [4.78, 5) is 13.7. The van der Waals surface area contributed by atoms with Crippen molar-refractivity contribution in [1.29, 1.82) is 0 Å². The van der Waals surface area contributed by atoms with E-state index in [9.17, 15) is 4.79 Å². The van der Waals surface area contributed by atoms with Crippen LogP contribution in [-0.4, -0.2) is 47.7 Å². The minimum atomic E-state index is -0.162. The molecule has 0 radical (unpaired) electrons. The number of hydrogen-bond acceptors (Lipinski definition) is 3. The molecule has 86 valence electrons. The first-order valence-electron chi connectivity index (χ1n) is 5.46. The molecule has 15 heavy (non-hydrogen) atoms. The zero-order valence-electron chi connectivity index (χ0n) is 9.28. The number of nitrogens with one attached hydrogen (secondary N) is 1. The van der Waals surface area contributed by atoms with Crippen molar-refractivity contribution in [1.82, 2.24) is 10.2 Å². The van der Waals surface area contributed by atoms with Crippen LogP contribution in [0.15, 0.2) is 12.7 Å². The van der Waals surface area contributed by atoms with Gasteiger partial charge in [0.2, 0.25) is 5.91 Å². The highest BCUT2D eigenvalue weighted by Gasteiger charge is 2.34. The molecule has 0 aromatic rings. The number of aliphatic hydroxyl groups is 1. The Morgan fingerprint density at radius 3 is 2.87 bits per heavy atom. The largest absolute Gasteiger partial charge is 0.395 e. The molecule has 2 N–H and O–H groups in total. The topological polar surface area (TPSA) is 52.6 Å². The van der Waals surface area contributed by atoms with E-state index in [0.717, 1.165) is 12.8 Å². The van der Waals surface area contributed by atoms with E-state index >= 15 is 0 Å². The Hall–Kier alpha value is -0.870. The number of amides is 1. The molecule has 1 unspecified atom stereocenters. The van der Waals surface area contributed by atoms with Gasteiger partial charge in [0.15, 0.2) is 0 Å². The molecule has 1 atom stereocenters. The summed E-state index contributed by atoms with van der Waals surface area (Å²) < 4.78 is 0. The maximum Gasteiger partial charge on any atom is 0.237 e. The third-order valence-electron chi connectivity index (χ3n) is 2.67. The summed E-state index contributed by atoms with van der Waals surface area (Å²) in [5, 5.41) is 11.7. The van der Waals surface area contributed by atoms with E-state index in [0.29, 0.717) is 19.1 Å². The van der Waals surface area contributed by atoms with Gasteiger partial charge in [-0.05, 0) is 19.8 Å². The Morgan fingerprint density at radius 1 is 1.73 bits per heavy atom. The minimum absolute atomic E-state index is 0.00949. The molecule has 0 spiro atoms. The van der Waals surface area contributed by atoms with Crippen LogP contribution in [0.4, 0.5) is 0 Å². The zero-order chi connectivity index (χ0) is 11.3. The molecule has 1 fully saturated rings. The number of hydrogen-bond donors (Lipinski definition) is 2. The van der Waals surface area contributed by atoms with Gasteiger partial charge in [-0.1, -0.05) is 6.08 Å². The molecule has 4 heteroatoms. The molecule has 4 nitrogen and oxygen atoms in total. The quantitative estimate of drug-likeness (QED) is 0.590. The summed E-state index contributed by atoms with van der Waals surface area (Å²) in [6.45, 7) is 6.62. The number of carbonyl (C=O) groups excluding carboxylic acids is 1. The predicted molar refractivity (Wildman–Crippen MR) is 59.5 cm³/mol. The number of aliphatic hydroxyl groups excluding tert-OH is 1. The van der Waals surface area contributed by atoms with Gasteiger partial charge in [0.1, 0.15) is 0 Å². The van der Waals surface area contributed by atoms with Crippen LogP contribution in [0.1, 0.15) is 19.8 Å². The van der Waals surface area contributed by atoms with Crippen molar-refractivity contribution in [2.24, 2.45) is 0 Å². The summed E-state index contributed by atoms with van der Waals surface area (Å²) in [6.07, 6.45) is 3.94. The number of nitrogens with zero attached hydrogens (tertiary/aromatic N) is 1. The van der Waals surface area contributed by atoms with E-state index in [2.05, 4.69) is 16.8 Å². The first-order valence-corrected chi connectivity index (χ1v) is 5.46. The minimum Gasteiger partial charge on any atom is -0.395 e. The van der Waals surface area contributed by atoms with Gasteiger partial charge < -0.3 is 10.4 Å². The molecule has 0 bridgehead atoms. The van der Waals surface area contributed by atoms with Crippen LogP contribution in [0.5, 0.6) is 0 Å². The van der Waals surface area contributed by atoms with Crippen LogP contribution in [-0.2, 0) is 4.79 Å². The van der Waals surface area contributed by atoms with E-state index < -0.39 is 0 Å². The number of carbonyl (C=O) groups is 1. The van der Waals surface area contributed by atoms with Crippen molar-refractivity contribution in [3.8, 4) is 0 Å². The van der Waals surface area contributed by atoms with Crippen molar-refractivity contribution >= 4 is 5.91 Å². The Bertz CT molecular complexity index is 227. The second-order valence-electron chi connectivity index (χ2n) is 3.90. The molecular formula is C11H20N2O2. The normalized spacial score (nSPS) is 17.5. The first-order chi connectivity index (χ1) is 7.20. The predicted octanol–water partition coefficient (Wildman–Crippen LogP) is 0.134. The summed E-state index contributed by atoms with van der Waals surface area (Å²) in [7, 11) is 0. The molecule has 0 aromatic carbocycles. The lowest BCUT2D eigenvalue weighted by Gasteiger charge is -2.27. The van der Waals surface area contributed by atoms with Gasteiger partial charge in [-0.25, -0.2) is 0 Å². The standard InChI is InChI=1S/C11H20N2O2/c1-3-6-12-11(15)9(2)13(7-8-14)10-4-5-10/h3,9-10,14H,1,4-8H2,2H3,(H,12,15). The zero-order valence-corrected chi connectivity index (χ0v) is 9.28. The Balaban J connectivity index is 2.42. The Morgan fingerprint density at radius 2 is 2.40 bits per heavy atom. The lowest BCUT2D eigenvalue weighted by Crippen LogP contribution is -2.47. The molecule has 0 heterocycles. The van der Waals surface area contributed by atoms with E-state index in [1.165, 1.54) is 0 Å². The van der Waals surface area contributed by atoms with Gasteiger partial charge in [0.05, 0.1) is 12.6 Å². The molecule has 1 aliphatic rings. The molecule has 1 aliphatic carbocycles. The van der Waals surface area contributed by atoms with Gasteiger partial charge in [-0.15, -0.1) is 6.58 Å². The Labute approximate surface area is 91.0 Å². The molecule has 0 saturated heterocycles. The van der Waals surface area contributed by atoms with Crippen LogP contribution >= 0.6 is 0 Å². The van der Waals surface area contributed by atoms with Crippen molar-refractivity contribution in [2.75, 3.05) is 19.7 Å². The van der Waals surface area contributed by atoms with Crippen LogP contribution in [0.2, 0.25) is 0 Å². The van der Waals surface area contributed by atoms with Gasteiger partial charge in [0, 0.05) is 19.1 Å². The Kier molecular flexibility index (Phi) is 4.78. The van der Waals surface area contributed by atoms with Crippen LogP contribution in [0.3, 0.4) is 0 Å². The summed E-state index contributed by atoms with van der Waals surface area (Å²) in [5.74, 6) is 0.00949. The van der Waals surface area contributed by atoms with Gasteiger partial charge in [-0.2, -0.15) is 0 Å². The molecule has 1 amide bonds. The average molecular weight is 212 g/mol. The second-order valence-corrected chi connectivity index (χ2v) is 3.90. The lowest BCUT2D eigenvalue weighted by molar-refractivity contribution is -0.126. The van der Waals surface area contributed by atoms with Crippen molar-refractivity contribution in [3.63, 3.8) is 0 Å². The van der Waals surface area contributed by atoms with Crippen molar-refractivity contribution in [2.45, 2.75) is 31.8 Å². The van der Waals surface area contributed by atoms with E-state index in [1.54, 1.807) is 6.08 Å². The van der Waals surface area contributed by atoms with Crippen LogP contribution in [0, 0.1) is 0 Å². The molecule has 1 rings (SSSR count). The SMILES string of the molecule is C=CCNC(=O)C(C)N(CCO)C1CC1. The van der Waals surface area contributed by atoms with E-state index in [1.807, 2.05) is 6.92 Å². The summed E-state index contributed by atoms with van der Waals surface area (Å²) in [5.41, 5.74) is 0. The highest BCUT2D eigenvalue weighted by molar-refractivity contribution is 5.81. The fourth-order valence-electron chi connectivity index (χ4n) is 1.69. The molecular weight excluding hydrogens is 192 g/mol. The maximum atomic E-state index is 11.7. The number of rotatable bonds is 7. The van der Waals surface area contributed by atoms with Crippen LogP contribution < -0.4 is 5.32 Å². The smallest absolute Gasteiger partial charge is 0.237 e. The van der Waals surface area contributed by atoms with Gasteiger partial charge in [-0.3, -0.25) is 9.69 Å². The molecule has 0 aliphatic heterocycles. The van der Waals surface area contributed by atoms with E-state index in [4.69, 9.17) is 5.11 Å². The summed E-state index contributed by atoms with van der Waals surface area (Å²) >= 11 is 0. The fourth-order valence-corrected chi connectivity index (χ4v) is 1.69. The first kappa shape index (κ1) is 12.2.